The maximum Gasteiger partial charge on any atom is 0.339 e. The van der Waals surface area contributed by atoms with E-state index in [-0.39, 0.29) is 28.3 Å². The lowest BCUT2D eigenvalue weighted by atomic mass is 9.94. The highest BCUT2D eigenvalue weighted by molar-refractivity contribution is 6.03. The molecular weight excluding hydrogens is 294 g/mol. The van der Waals surface area contributed by atoms with Crippen LogP contribution in [0.1, 0.15) is 38.1 Å². The Bertz CT molecular complexity index is 1010. The number of benzene rings is 1. The van der Waals surface area contributed by atoms with Crippen LogP contribution in [0.3, 0.4) is 0 Å². The van der Waals surface area contributed by atoms with Crippen LogP contribution in [0, 0.1) is 0 Å². The van der Waals surface area contributed by atoms with Crippen LogP contribution in [-0.4, -0.2) is 9.67 Å². The van der Waals surface area contributed by atoms with E-state index in [9.17, 15) is 14.7 Å². The van der Waals surface area contributed by atoms with E-state index in [4.69, 9.17) is 4.42 Å². The number of pyridine rings is 1. The Labute approximate surface area is 131 Å². The van der Waals surface area contributed by atoms with Crippen molar-refractivity contribution in [2.75, 3.05) is 0 Å². The fourth-order valence-corrected chi connectivity index (χ4v) is 3.68. The van der Waals surface area contributed by atoms with Crippen LogP contribution in [0.4, 0.5) is 0 Å². The van der Waals surface area contributed by atoms with Crippen molar-refractivity contribution >= 4 is 21.9 Å². The third kappa shape index (κ3) is 2.15. The highest BCUT2D eigenvalue weighted by atomic mass is 16.4. The van der Waals surface area contributed by atoms with Gasteiger partial charge in [0.25, 0.3) is 5.56 Å². The van der Waals surface area contributed by atoms with Gasteiger partial charge in [0.1, 0.15) is 11.1 Å². The average Bonchev–Trinajstić information content (AvgIpc) is 2.55. The second-order valence-corrected chi connectivity index (χ2v) is 6.14. The van der Waals surface area contributed by atoms with E-state index in [0.29, 0.717) is 5.39 Å². The molecule has 0 unspecified atom stereocenters. The number of hydrogen-bond acceptors (Lipinski definition) is 4. The zero-order chi connectivity index (χ0) is 16.0. The van der Waals surface area contributed by atoms with Crippen molar-refractivity contribution in [3.05, 3.63) is 51.1 Å². The lowest BCUT2D eigenvalue weighted by Gasteiger charge is -2.26. The Morgan fingerprint density at radius 2 is 1.83 bits per heavy atom. The minimum absolute atomic E-state index is 0.0915. The number of nitrogens with zero attached hydrogens (tertiary/aromatic N) is 1. The molecule has 2 aromatic heterocycles. The van der Waals surface area contributed by atoms with Gasteiger partial charge in [0.2, 0.25) is 0 Å². The molecule has 0 aliphatic heterocycles. The molecule has 1 fully saturated rings. The van der Waals surface area contributed by atoms with Crippen LogP contribution >= 0.6 is 0 Å². The molecule has 1 saturated carbocycles. The quantitative estimate of drug-likeness (QED) is 0.700. The first-order chi connectivity index (χ1) is 11.2. The monoisotopic (exact) mass is 311 g/mol. The van der Waals surface area contributed by atoms with Crippen molar-refractivity contribution in [3.63, 3.8) is 0 Å². The Hall–Kier alpha value is -2.56. The summed E-state index contributed by atoms with van der Waals surface area (Å²) >= 11 is 0. The van der Waals surface area contributed by atoms with E-state index >= 15 is 0 Å². The summed E-state index contributed by atoms with van der Waals surface area (Å²) in [5.41, 5.74) is -0.0184. The van der Waals surface area contributed by atoms with E-state index in [0.717, 1.165) is 37.3 Å². The van der Waals surface area contributed by atoms with Crippen LogP contribution in [0.2, 0.25) is 0 Å². The van der Waals surface area contributed by atoms with Gasteiger partial charge in [-0.15, -0.1) is 0 Å². The molecule has 4 rings (SSSR count). The summed E-state index contributed by atoms with van der Waals surface area (Å²) in [4.78, 5) is 24.6. The molecule has 1 aromatic carbocycles. The van der Waals surface area contributed by atoms with Gasteiger partial charge in [-0.2, -0.15) is 0 Å². The molecule has 0 atom stereocenters. The number of aromatic hydroxyl groups is 1. The number of fused-ring (bicyclic) bond motifs is 3. The highest BCUT2D eigenvalue weighted by Gasteiger charge is 2.23. The van der Waals surface area contributed by atoms with E-state index < -0.39 is 5.63 Å². The summed E-state index contributed by atoms with van der Waals surface area (Å²) in [7, 11) is 0. The number of aromatic nitrogens is 1. The topological polar surface area (TPSA) is 72.4 Å². The second kappa shape index (κ2) is 5.26. The number of hydrogen-bond donors (Lipinski definition) is 1. The van der Waals surface area contributed by atoms with Gasteiger partial charge in [-0.3, -0.25) is 4.79 Å². The summed E-state index contributed by atoms with van der Waals surface area (Å²) in [5, 5.41) is 10.9. The van der Waals surface area contributed by atoms with Gasteiger partial charge in [-0.25, -0.2) is 4.79 Å². The van der Waals surface area contributed by atoms with Crippen LogP contribution in [0.5, 0.6) is 5.75 Å². The van der Waals surface area contributed by atoms with Gasteiger partial charge < -0.3 is 14.1 Å². The molecule has 1 aliphatic carbocycles. The molecule has 118 valence electrons. The van der Waals surface area contributed by atoms with Crippen LogP contribution in [0.15, 0.2) is 44.3 Å². The zero-order valence-electron chi connectivity index (χ0n) is 12.6. The van der Waals surface area contributed by atoms with Crippen molar-refractivity contribution in [1.82, 2.24) is 4.57 Å². The van der Waals surface area contributed by atoms with Crippen molar-refractivity contribution in [2.45, 2.75) is 38.1 Å². The molecule has 0 radical (unpaired) electrons. The summed E-state index contributed by atoms with van der Waals surface area (Å²) in [6.07, 6.45) is 5.29. The summed E-state index contributed by atoms with van der Waals surface area (Å²) in [6, 6.07) is 8.48. The average molecular weight is 311 g/mol. The molecule has 1 N–H and O–H groups in total. The van der Waals surface area contributed by atoms with Crippen molar-refractivity contribution < 1.29 is 9.52 Å². The summed E-state index contributed by atoms with van der Waals surface area (Å²) < 4.78 is 7.02. The second-order valence-electron chi connectivity index (χ2n) is 6.14. The van der Waals surface area contributed by atoms with Gasteiger partial charge in [0.15, 0.2) is 5.58 Å². The maximum atomic E-state index is 13.0. The smallest absolute Gasteiger partial charge is 0.339 e. The Morgan fingerprint density at radius 1 is 1.09 bits per heavy atom. The van der Waals surface area contributed by atoms with Gasteiger partial charge in [-0.1, -0.05) is 31.4 Å². The maximum absolute atomic E-state index is 13.0. The molecule has 2 heterocycles. The first kappa shape index (κ1) is 14.1. The molecule has 3 aromatic rings. The van der Waals surface area contributed by atoms with E-state index in [1.807, 2.05) is 24.3 Å². The zero-order valence-corrected chi connectivity index (χ0v) is 12.6. The molecule has 23 heavy (non-hydrogen) atoms. The Morgan fingerprint density at radius 3 is 2.61 bits per heavy atom. The largest absolute Gasteiger partial charge is 0.507 e. The number of para-hydroxylation sites is 1. The first-order valence-corrected chi connectivity index (χ1v) is 7.97. The summed E-state index contributed by atoms with van der Waals surface area (Å²) in [5.74, 6) is -0.309. The predicted molar refractivity (Wildman–Crippen MR) is 88.0 cm³/mol. The molecule has 0 spiro atoms. The molecule has 5 heteroatoms. The molecule has 0 saturated heterocycles. The van der Waals surface area contributed by atoms with Crippen LogP contribution < -0.4 is 11.2 Å². The standard InChI is InChI=1S/C18H17NO4/c20-14-10-15(21)23-17-12-8-4-5-9-13(12)19(18(22)16(14)17)11-6-2-1-3-7-11/h4-5,8-11,20H,1-3,6-7H2. The molecule has 1 aliphatic rings. The normalized spacial score (nSPS) is 16.2. The third-order valence-corrected chi connectivity index (χ3v) is 4.72. The Balaban J connectivity index is 2.18. The van der Waals surface area contributed by atoms with Crippen LogP contribution in [-0.2, 0) is 0 Å². The Kier molecular flexibility index (Phi) is 3.22. The number of rotatable bonds is 1. The fourth-order valence-electron chi connectivity index (χ4n) is 3.68. The minimum Gasteiger partial charge on any atom is -0.507 e. The van der Waals surface area contributed by atoms with E-state index in [1.54, 1.807) is 4.57 Å². The van der Waals surface area contributed by atoms with Gasteiger partial charge in [-0.05, 0) is 25.0 Å². The van der Waals surface area contributed by atoms with E-state index in [2.05, 4.69) is 0 Å². The predicted octanol–water partition coefficient (Wildman–Crippen LogP) is 3.32. The fraction of sp³-hybridized carbons (Fsp3) is 0.333. The van der Waals surface area contributed by atoms with Crippen molar-refractivity contribution in [1.29, 1.82) is 0 Å². The molecule has 0 bridgehead atoms. The SMILES string of the molecule is O=c1cc(O)c2c(=O)n(C3CCCCC3)c3ccccc3c2o1. The molecular formula is C18H17NO4. The van der Waals surface area contributed by atoms with Crippen molar-refractivity contribution in [2.24, 2.45) is 0 Å². The lowest BCUT2D eigenvalue weighted by Crippen LogP contribution is -2.27. The molecule has 5 nitrogen and oxygen atoms in total. The van der Waals surface area contributed by atoms with Gasteiger partial charge >= 0.3 is 5.63 Å². The van der Waals surface area contributed by atoms with Gasteiger partial charge in [0, 0.05) is 11.4 Å². The first-order valence-electron chi connectivity index (χ1n) is 7.97. The summed E-state index contributed by atoms with van der Waals surface area (Å²) in [6.45, 7) is 0. The lowest BCUT2D eigenvalue weighted by molar-refractivity contribution is 0.354. The van der Waals surface area contributed by atoms with E-state index in [1.165, 1.54) is 6.42 Å². The van der Waals surface area contributed by atoms with Crippen LogP contribution in [0.25, 0.3) is 21.9 Å². The van der Waals surface area contributed by atoms with Crippen molar-refractivity contribution in [3.8, 4) is 5.75 Å². The third-order valence-electron chi connectivity index (χ3n) is 4.72. The molecule has 0 amide bonds. The van der Waals surface area contributed by atoms with Gasteiger partial charge in [0.05, 0.1) is 11.6 Å². The minimum atomic E-state index is -0.657. The highest BCUT2D eigenvalue weighted by Crippen LogP contribution is 2.33.